The Hall–Kier alpha value is -1.84. The van der Waals surface area contributed by atoms with Crippen LogP contribution in [0, 0.1) is 5.92 Å². The molecule has 1 fully saturated rings. The average molecular weight is 261 g/mol. The normalized spacial score (nSPS) is 20.9. The number of amides is 1. The second kappa shape index (κ2) is 5.87. The van der Waals surface area contributed by atoms with Crippen LogP contribution >= 0.6 is 0 Å². The zero-order chi connectivity index (χ0) is 13.8. The minimum Gasteiger partial charge on any atom is -0.481 e. The maximum Gasteiger partial charge on any atom is 0.305 e. The van der Waals surface area contributed by atoms with Gasteiger partial charge in [-0.25, -0.2) is 0 Å². The first-order valence-electron chi connectivity index (χ1n) is 6.58. The van der Waals surface area contributed by atoms with Gasteiger partial charge in [0, 0.05) is 20.0 Å². The van der Waals surface area contributed by atoms with Gasteiger partial charge in [0.15, 0.2) is 0 Å². The lowest BCUT2D eigenvalue weighted by Crippen LogP contribution is -2.29. The van der Waals surface area contributed by atoms with Crippen LogP contribution in [0.5, 0.6) is 0 Å². The third-order valence-electron chi connectivity index (χ3n) is 3.67. The van der Waals surface area contributed by atoms with Crippen molar-refractivity contribution in [2.75, 3.05) is 13.6 Å². The highest BCUT2D eigenvalue weighted by atomic mass is 16.4. The standard InChI is InChI=1S/C15H19NO3/c1-16(8-7-15(18)19)14(17)10-12-9-13(12)11-5-3-2-4-6-11/h2-6,12-13H,7-10H2,1H3,(H,18,19)/t12-,13-/m0/s1. The molecule has 0 spiro atoms. The highest BCUT2D eigenvalue weighted by Gasteiger charge is 2.39. The van der Waals surface area contributed by atoms with Gasteiger partial charge >= 0.3 is 5.97 Å². The van der Waals surface area contributed by atoms with E-state index in [1.165, 1.54) is 10.5 Å². The number of benzene rings is 1. The number of carbonyl (C=O) groups excluding carboxylic acids is 1. The Morgan fingerprint density at radius 3 is 2.63 bits per heavy atom. The van der Waals surface area contributed by atoms with Gasteiger partial charge in [-0.3, -0.25) is 9.59 Å². The first kappa shape index (κ1) is 13.6. The van der Waals surface area contributed by atoms with Crippen LogP contribution in [0.2, 0.25) is 0 Å². The molecule has 1 N–H and O–H groups in total. The molecule has 1 aromatic rings. The Labute approximate surface area is 113 Å². The van der Waals surface area contributed by atoms with Crippen molar-refractivity contribution in [3.05, 3.63) is 35.9 Å². The molecule has 0 bridgehead atoms. The van der Waals surface area contributed by atoms with Crippen molar-refractivity contribution in [1.82, 2.24) is 4.90 Å². The summed E-state index contributed by atoms with van der Waals surface area (Å²) in [5.74, 6) is 0.0955. The minimum absolute atomic E-state index is 0.00895. The van der Waals surface area contributed by atoms with Crippen molar-refractivity contribution in [2.24, 2.45) is 5.92 Å². The zero-order valence-electron chi connectivity index (χ0n) is 11.1. The van der Waals surface area contributed by atoms with E-state index in [0.717, 1.165) is 6.42 Å². The third kappa shape index (κ3) is 3.81. The fourth-order valence-electron chi connectivity index (χ4n) is 2.35. The van der Waals surface area contributed by atoms with Gasteiger partial charge in [-0.2, -0.15) is 0 Å². The maximum atomic E-state index is 11.9. The van der Waals surface area contributed by atoms with Gasteiger partial charge < -0.3 is 10.0 Å². The molecule has 0 unspecified atom stereocenters. The molecule has 102 valence electrons. The number of carboxylic acids is 1. The fraction of sp³-hybridized carbons (Fsp3) is 0.467. The molecule has 1 aliphatic rings. The summed E-state index contributed by atoms with van der Waals surface area (Å²) in [6.45, 7) is 0.289. The second-order valence-corrected chi connectivity index (χ2v) is 5.18. The molecule has 1 aliphatic carbocycles. The van der Waals surface area contributed by atoms with Gasteiger partial charge in [-0.1, -0.05) is 30.3 Å². The zero-order valence-corrected chi connectivity index (χ0v) is 11.1. The van der Waals surface area contributed by atoms with E-state index in [4.69, 9.17) is 5.11 Å². The average Bonchev–Trinajstić information content (AvgIpc) is 3.16. The maximum absolute atomic E-state index is 11.9. The quantitative estimate of drug-likeness (QED) is 0.853. The van der Waals surface area contributed by atoms with Crippen LogP contribution in [-0.4, -0.2) is 35.5 Å². The van der Waals surface area contributed by atoms with Crippen LogP contribution in [0.1, 0.15) is 30.7 Å². The van der Waals surface area contributed by atoms with Gasteiger partial charge in [-0.05, 0) is 23.8 Å². The van der Waals surface area contributed by atoms with Crippen molar-refractivity contribution in [2.45, 2.75) is 25.2 Å². The largest absolute Gasteiger partial charge is 0.481 e. The Morgan fingerprint density at radius 1 is 1.32 bits per heavy atom. The summed E-state index contributed by atoms with van der Waals surface area (Å²) in [5.41, 5.74) is 1.30. The summed E-state index contributed by atoms with van der Waals surface area (Å²) in [7, 11) is 1.67. The molecule has 4 nitrogen and oxygen atoms in total. The Kier molecular flexibility index (Phi) is 4.20. The van der Waals surface area contributed by atoms with E-state index in [9.17, 15) is 9.59 Å². The molecule has 2 rings (SSSR count). The van der Waals surface area contributed by atoms with E-state index < -0.39 is 5.97 Å². The molecule has 0 saturated heterocycles. The number of aliphatic carboxylic acids is 1. The summed E-state index contributed by atoms with van der Waals surface area (Å²) >= 11 is 0. The number of carbonyl (C=O) groups is 2. The minimum atomic E-state index is -0.867. The smallest absolute Gasteiger partial charge is 0.305 e. The lowest BCUT2D eigenvalue weighted by molar-refractivity contribution is -0.138. The summed E-state index contributed by atoms with van der Waals surface area (Å²) in [6, 6.07) is 10.2. The molecule has 0 radical (unpaired) electrons. The van der Waals surface area contributed by atoms with Gasteiger partial charge in [0.2, 0.25) is 5.91 Å². The molecule has 0 heterocycles. The molecule has 1 aromatic carbocycles. The van der Waals surface area contributed by atoms with Crippen LogP contribution in [0.3, 0.4) is 0 Å². The molecule has 2 atom stereocenters. The van der Waals surface area contributed by atoms with Crippen molar-refractivity contribution in [3.63, 3.8) is 0 Å². The summed E-state index contributed by atoms with van der Waals surface area (Å²) in [4.78, 5) is 23.9. The summed E-state index contributed by atoms with van der Waals surface area (Å²) < 4.78 is 0. The van der Waals surface area contributed by atoms with E-state index in [2.05, 4.69) is 12.1 Å². The molecule has 1 saturated carbocycles. The first-order chi connectivity index (χ1) is 9.08. The predicted octanol–water partition coefficient (Wildman–Crippen LogP) is 2.11. The van der Waals surface area contributed by atoms with Crippen LogP contribution in [-0.2, 0) is 9.59 Å². The summed E-state index contributed by atoms with van der Waals surface area (Å²) in [5, 5.41) is 8.59. The number of hydrogen-bond donors (Lipinski definition) is 1. The Bertz CT molecular complexity index is 458. The molecular weight excluding hydrogens is 242 g/mol. The van der Waals surface area contributed by atoms with Crippen molar-refractivity contribution in [1.29, 1.82) is 0 Å². The van der Waals surface area contributed by atoms with E-state index >= 15 is 0 Å². The predicted molar refractivity (Wildman–Crippen MR) is 71.8 cm³/mol. The van der Waals surface area contributed by atoms with Gasteiger partial charge in [0.05, 0.1) is 6.42 Å². The van der Waals surface area contributed by atoms with E-state index in [1.807, 2.05) is 18.2 Å². The highest BCUT2D eigenvalue weighted by molar-refractivity contribution is 5.77. The SMILES string of the molecule is CN(CCC(=O)O)C(=O)C[C@@H]1C[C@H]1c1ccccc1. The topological polar surface area (TPSA) is 57.6 Å². The second-order valence-electron chi connectivity index (χ2n) is 5.18. The van der Waals surface area contributed by atoms with Gasteiger partial charge in [0.25, 0.3) is 0 Å². The fourth-order valence-corrected chi connectivity index (χ4v) is 2.35. The van der Waals surface area contributed by atoms with Gasteiger partial charge in [0.1, 0.15) is 0 Å². The lowest BCUT2D eigenvalue weighted by Gasteiger charge is -2.15. The number of rotatable bonds is 6. The Balaban J connectivity index is 1.77. The summed E-state index contributed by atoms with van der Waals surface area (Å²) in [6.07, 6.45) is 1.59. The third-order valence-corrected chi connectivity index (χ3v) is 3.67. The molecule has 0 aliphatic heterocycles. The number of hydrogen-bond acceptors (Lipinski definition) is 2. The first-order valence-corrected chi connectivity index (χ1v) is 6.58. The van der Waals surface area contributed by atoms with Crippen LogP contribution < -0.4 is 0 Å². The van der Waals surface area contributed by atoms with Crippen LogP contribution in [0.25, 0.3) is 0 Å². The van der Waals surface area contributed by atoms with E-state index in [1.54, 1.807) is 7.05 Å². The van der Waals surface area contributed by atoms with Crippen LogP contribution in [0.15, 0.2) is 30.3 Å². The molecule has 1 amide bonds. The van der Waals surface area contributed by atoms with E-state index in [-0.39, 0.29) is 18.9 Å². The van der Waals surface area contributed by atoms with Gasteiger partial charge in [-0.15, -0.1) is 0 Å². The molecule has 0 aromatic heterocycles. The molecule has 4 heteroatoms. The van der Waals surface area contributed by atoms with E-state index in [0.29, 0.717) is 18.3 Å². The monoisotopic (exact) mass is 261 g/mol. The highest BCUT2D eigenvalue weighted by Crippen LogP contribution is 2.49. The van der Waals surface area contributed by atoms with Crippen molar-refractivity contribution in [3.8, 4) is 0 Å². The number of carboxylic acid groups (broad SMARTS) is 1. The van der Waals surface area contributed by atoms with Crippen molar-refractivity contribution >= 4 is 11.9 Å². The number of nitrogens with zero attached hydrogens (tertiary/aromatic N) is 1. The Morgan fingerprint density at radius 2 is 2.00 bits per heavy atom. The van der Waals surface area contributed by atoms with Crippen molar-refractivity contribution < 1.29 is 14.7 Å². The van der Waals surface area contributed by atoms with Crippen LogP contribution in [0.4, 0.5) is 0 Å². The lowest BCUT2D eigenvalue weighted by atomic mass is 10.1. The molecular formula is C15H19NO3. The molecule has 19 heavy (non-hydrogen) atoms.